The molecule has 2 N–H and O–H groups in total. The number of rotatable bonds is 6. The third-order valence-corrected chi connectivity index (χ3v) is 7.46. The molecule has 0 radical (unpaired) electrons. The minimum Gasteiger partial charge on any atom is -0.376 e. The summed E-state index contributed by atoms with van der Waals surface area (Å²) in [7, 11) is 0. The van der Waals surface area contributed by atoms with Crippen molar-refractivity contribution in [3.8, 4) is 5.69 Å². The van der Waals surface area contributed by atoms with E-state index in [1.54, 1.807) is 0 Å². The Morgan fingerprint density at radius 2 is 1.91 bits per heavy atom. The van der Waals surface area contributed by atoms with Crippen molar-refractivity contribution < 1.29 is 18.7 Å². The summed E-state index contributed by atoms with van der Waals surface area (Å²) < 4.78 is 20.2. The molecule has 8 nitrogen and oxygen atoms in total. The van der Waals surface area contributed by atoms with Gasteiger partial charge in [0.05, 0.1) is 17.4 Å². The largest absolute Gasteiger partial charge is 0.376 e. The number of anilines is 1. The van der Waals surface area contributed by atoms with Crippen LogP contribution in [0.3, 0.4) is 0 Å². The average molecular weight is 497 g/mol. The number of hydrogen-bond donors (Lipinski definition) is 2. The maximum Gasteiger partial charge on any atom is 0.280 e. The lowest BCUT2D eigenvalue weighted by Crippen LogP contribution is -2.33. The van der Waals surface area contributed by atoms with Gasteiger partial charge in [-0.15, -0.1) is 11.3 Å². The van der Waals surface area contributed by atoms with E-state index in [0.717, 1.165) is 49.0 Å². The molecule has 35 heavy (non-hydrogen) atoms. The fourth-order valence-corrected chi connectivity index (χ4v) is 5.74. The van der Waals surface area contributed by atoms with Crippen LogP contribution in [0.2, 0.25) is 0 Å². The number of ether oxygens (including phenoxy) is 1. The van der Waals surface area contributed by atoms with E-state index in [-0.39, 0.29) is 17.7 Å². The molecule has 0 spiro atoms. The van der Waals surface area contributed by atoms with Crippen molar-refractivity contribution in [3.05, 3.63) is 74.3 Å². The fraction of sp³-hybridized carbons (Fsp3) is 0.360. The first-order valence-electron chi connectivity index (χ1n) is 11.7. The lowest BCUT2D eigenvalue weighted by atomic mass is 9.95. The number of nitrogens with zero attached hydrogens (tertiary/aromatic N) is 2. The van der Waals surface area contributed by atoms with Gasteiger partial charge in [-0.1, -0.05) is 0 Å². The van der Waals surface area contributed by atoms with E-state index >= 15 is 0 Å². The second-order valence-electron chi connectivity index (χ2n) is 8.66. The summed E-state index contributed by atoms with van der Waals surface area (Å²) >= 11 is 1.38. The zero-order valence-corrected chi connectivity index (χ0v) is 19.8. The molecule has 1 aromatic carbocycles. The molecule has 2 amide bonds. The minimum atomic E-state index is -0.696. The monoisotopic (exact) mass is 496 g/mol. The van der Waals surface area contributed by atoms with E-state index in [0.29, 0.717) is 29.4 Å². The number of aryl methyl sites for hydroxylation is 1. The molecule has 3 heterocycles. The smallest absolute Gasteiger partial charge is 0.280 e. The van der Waals surface area contributed by atoms with Gasteiger partial charge in [0.15, 0.2) is 5.69 Å². The van der Waals surface area contributed by atoms with Crippen LogP contribution in [0.5, 0.6) is 0 Å². The molecule has 2 aliphatic rings. The lowest BCUT2D eigenvalue weighted by molar-refractivity contribution is 0.0858. The summed E-state index contributed by atoms with van der Waals surface area (Å²) in [5.74, 6) is -1.35. The first kappa shape index (κ1) is 23.4. The number of amides is 2. The van der Waals surface area contributed by atoms with Crippen molar-refractivity contribution in [2.45, 2.75) is 44.6 Å². The van der Waals surface area contributed by atoms with Crippen LogP contribution in [-0.4, -0.2) is 40.9 Å². The van der Waals surface area contributed by atoms with Crippen LogP contribution >= 0.6 is 11.3 Å². The molecule has 10 heteroatoms. The Morgan fingerprint density at radius 3 is 2.69 bits per heavy atom. The second kappa shape index (κ2) is 10.1. The molecular formula is C25H25FN4O4S. The summed E-state index contributed by atoms with van der Waals surface area (Å²) in [5.41, 5.74) is 1.07. The average Bonchev–Trinajstić information content (AvgIpc) is 3.51. The molecule has 1 saturated heterocycles. The van der Waals surface area contributed by atoms with Crippen LogP contribution in [0.25, 0.3) is 5.69 Å². The number of aromatic nitrogens is 2. The zero-order valence-electron chi connectivity index (χ0n) is 19.0. The van der Waals surface area contributed by atoms with Crippen LogP contribution in [-0.2, 0) is 17.6 Å². The molecule has 1 aliphatic heterocycles. The van der Waals surface area contributed by atoms with Crippen LogP contribution in [0, 0.1) is 5.82 Å². The highest BCUT2D eigenvalue weighted by Crippen LogP contribution is 2.38. The zero-order chi connectivity index (χ0) is 24.4. The van der Waals surface area contributed by atoms with Gasteiger partial charge in [-0.25, -0.2) is 9.07 Å². The Kier molecular flexibility index (Phi) is 6.74. The van der Waals surface area contributed by atoms with Gasteiger partial charge >= 0.3 is 0 Å². The van der Waals surface area contributed by atoms with E-state index in [9.17, 15) is 18.8 Å². The first-order chi connectivity index (χ1) is 17.0. The molecule has 0 unspecified atom stereocenters. The number of nitrogens with one attached hydrogen (secondary N) is 2. The Balaban J connectivity index is 1.41. The van der Waals surface area contributed by atoms with Gasteiger partial charge in [-0.05, 0) is 68.4 Å². The highest BCUT2D eigenvalue weighted by atomic mass is 32.1. The van der Waals surface area contributed by atoms with Gasteiger partial charge < -0.3 is 15.4 Å². The number of carbonyl (C=O) groups excluding carboxylic acids is 2. The first-order valence-corrected chi connectivity index (χ1v) is 12.5. The topological polar surface area (TPSA) is 102 Å². The minimum absolute atomic E-state index is 0.00454. The second-order valence-corrected chi connectivity index (χ2v) is 9.77. The van der Waals surface area contributed by atoms with Crippen LogP contribution in [0.1, 0.15) is 57.0 Å². The Labute approximate surface area is 205 Å². The molecule has 5 rings (SSSR count). The van der Waals surface area contributed by atoms with E-state index < -0.39 is 17.2 Å². The molecular weight excluding hydrogens is 471 g/mol. The molecule has 182 valence electrons. The number of halogens is 1. The summed E-state index contributed by atoms with van der Waals surface area (Å²) in [4.78, 5) is 39.9. The van der Waals surface area contributed by atoms with E-state index in [1.807, 2.05) is 0 Å². The predicted molar refractivity (Wildman–Crippen MR) is 130 cm³/mol. The van der Waals surface area contributed by atoms with Crippen molar-refractivity contribution >= 4 is 28.2 Å². The van der Waals surface area contributed by atoms with Gasteiger partial charge in [-0.3, -0.25) is 14.4 Å². The van der Waals surface area contributed by atoms with Crippen LogP contribution < -0.4 is 16.1 Å². The number of fused-ring (bicyclic) bond motifs is 1. The standard InChI is InChI=1S/C25H25FN4O4S/c26-15-7-9-16(10-8-15)30-12-11-19(31)22(29-30)24(33)28-25-21(18-5-1-2-6-20(18)35-25)23(32)27-14-17-4-3-13-34-17/h7-12,17H,1-6,13-14H2,(H,27,32)(H,28,33)/t17-/m1/s1. The van der Waals surface area contributed by atoms with Crippen LogP contribution in [0.15, 0.2) is 41.3 Å². The van der Waals surface area contributed by atoms with Crippen molar-refractivity contribution in [3.63, 3.8) is 0 Å². The van der Waals surface area contributed by atoms with E-state index in [1.165, 1.54) is 52.5 Å². The number of thiophene rings is 1. The summed E-state index contributed by atoms with van der Waals surface area (Å²) in [6.07, 6.45) is 6.94. The summed E-state index contributed by atoms with van der Waals surface area (Å²) in [6.45, 7) is 1.12. The van der Waals surface area contributed by atoms with Gasteiger partial charge in [0.1, 0.15) is 10.8 Å². The van der Waals surface area contributed by atoms with Crippen molar-refractivity contribution in [2.75, 3.05) is 18.5 Å². The normalized spacial score (nSPS) is 17.1. The SMILES string of the molecule is O=C(NC[C@H]1CCCO1)c1c(NC(=O)c2nn(-c3ccc(F)cc3)ccc2=O)sc2c1CCCC2. The quantitative estimate of drug-likeness (QED) is 0.544. The molecule has 1 fully saturated rings. The number of carbonyl (C=O) groups is 2. The number of hydrogen-bond acceptors (Lipinski definition) is 6. The predicted octanol–water partition coefficient (Wildman–Crippen LogP) is 3.47. The van der Waals surface area contributed by atoms with Gasteiger partial charge in [-0.2, -0.15) is 5.10 Å². The third kappa shape index (κ3) is 5.03. The maximum absolute atomic E-state index is 13.3. The fourth-order valence-electron chi connectivity index (χ4n) is 4.46. The van der Waals surface area contributed by atoms with Crippen molar-refractivity contribution in [1.29, 1.82) is 0 Å². The van der Waals surface area contributed by atoms with E-state index in [2.05, 4.69) is 15.7 Å². The van der Waals surface area contributed by atoms with Gasteiger partial charge in [0.25, 0.3) is 11.8 Å². The molecule has 2 aromatic heterocycles. The highest BCUT2D eigenvalue weighted by molar-refractivity contribution is 7.17. The number of benzene rings is 1. The molecule has 0 bridgehead atoms. The van der Waals surface area contributed by atoms with Gasteiger partial charge in [0.2, 0.25) is 5.43 Å². The Bertz CT molecular complexity index is 1310. The molecule has 1 aliphatic carbocycles. The maximum atomic E-state index is 13.3. The molecule has 1 atom stereocenters. The van der Waals surface area contributed by atoms with Gasteiger partial charge in [0, 0.05) is 30.3 Å². The van der Waals surface area contributed by atoms with Crippen molar-refractivity contribution in [1.82, 2.24) is 15.1 Å². The van der Waals surface area contributed by atoms with Crippen molar-refractivity contribution in [2.24, 2.45) is 0 Å². The lowest BCUT2D eigenvalue weighted by Gasteiger charge is -2.15. The highest BCUT2D eigenvalue weighted by Gasteiger charge is 2.28. The Hall–Kier alpha value is -3.37. The third-order valence-electron chi connectivity index (χ3n) is 6.25. The van der Waals surface area contributed by atoms with E-state index in [4.69, 9.17) is 4.74 Å². The summed E-state index contributed by atoms with van der Waals surface area (Å²) in [5, 5.41) is 10.3. The molecule has 0 saturated carbocycles. The summed E-state index contributed by atoms with van der Waals surface area (Å²) in [6, 6.07) is 6.77. The molecule has 3 aromatic rings. The Morgan fingerprint density at radius 1 is 1.11 bits per heavy atom. The van der Waals surface area contributed by atoms with Crippen LogP contribution in [0.4, 0.5) is 9.39 Å².